The number of carboxylic acids is 1. The Kier molecular flexibility index (Phi) is 6.44. The Morgan fingerprint density at radius 2 is 1.03 bits per heavy atom. The maximum Gasteiger partial charge on any atom is 0.327 e. The van der Waals surface area contributed by atoms with Crippen LogP contribution in [0.1, 0.15) is 37.4 Å². The van der Waals surface area contributed by atoms with E-state index in [-0.39, 0.29) is 16.9 Å². The van der Waals surface area contributed by atoms with E-state index in [9.17, 15) is 19.5 Å². The van der Waals surface area contributed by atoms with Crippen LogP contribution >= 0.6 is 11.8 Å². The van der Waals surface area contributed by atoms with Gasteiger partial charge in [0.2, 0.25) is 0 Å². The van der Waals surface area contributed by atoms with Crippen LogP contribution in [0.25, 0.3) is 0 Å². The molecule has 4 aromatic carbocycles. The molecular formula is C30H23NO4S. The summed E-state index contributed by atoms with van der Waals surface area (Å²) in [5.41, 5.74) is 3.38. The number of hydrogen-bond acceptors (Lipinski definition) is 4. The number of aliphatic carboxylic acids is 1. The Hall–Kier alpha value is -4.16. The van der Waals surface area contributed by atoms with Crippen molar-refractivity contribution in [2.24, 2.45) is 0 Å². The van der Waals surface area contributed by atoms with E-state index in [0.717, 1.165) is 21.6 Å². The fraction of sp³-hybridized carbons (Fsp3) is 0.100. The molecule has 0 radical (unpaired) electrons. The minimum Gasteiger partial charge on any atom is -0.480 e. The Bertz CT molecular complexity index is 1280. The van der Waals surface area contributed by atoms with Gasteiger partial charge in [0, 0.05) is 5.75 Å². The third kappa shape index (κ3) is 3.99. The maximum atomic E-state index is 13.1. The second kappa shape index (κ2) is 9.84. The molecule has 6 heteroatoms. The number of rotatable bonds is 8. The van der Waals surface area contributed by atoms with Crippen LogP contribution in [0.3, 0.4) is 0 Å². The molecule has 0 saturated carbocycles. The second-order valence-corrected chi connectivity index (χ2v) is 9.70. The minimum absolute atomic E-state index is 0.000511. The maximum absolute atomic E-state index is 13.1. The van der Waals surface area contributed by atoms with E-state index in [1.54, 1.807) is 24.3 Å². The molecule has 0 aliphatic carbocycles. The number of carbonyl (C=O) groups is 3. The number of fused-ring (bicyclic) bond motifs is 1. The van der Waals surface area contributed by atoms with Gasteiger partial charge in [-0.05, 0) is 28.8 Å². The van der Waals surface area contributed by atoms with Gasteiger partial charge in [-0.25, -0.2) is 4.79 Å². The lowest BCUT2D eigenvalue weighted by atomic mass is 9.84. The van der Waals surface area contributed by atoms with E-state index in [1.807, 2.05) is 91.0 Å². The molecule has 0 aromatic heterocycles. The SMILES string of the molecule is O=C(O)[C@@H](CSC(c1ccccc1)(c1ccccc1)c1ccccc1)N1C(=O)c2ccccc2C1=O. The molecule has 1 atom stereocenters. The highest BCUT2D eigenvalue weighted by atomic mass is 32.2. The van der Waals surface area contributed by atoms with Crippen molar-refractivity contribution < 1.29 is 19.5 Å². The monoisotopic (exact) mass is 493 g/mol. The summed E-state index contributed by atoms with van der Waals surface area (Å²) in [5.74, 6) is -2.37. The van der Waals surface area contributed by atoms with Crippen molar-refractivity contribution in [1.82, 2.24) is 4.90 Å². The molecule has 4 aromatic rings. The lowest BCUT2D eigenvalue weighted by Crippen LogP contribution is -2.47. The van der Waals surface area contributed by atoms with E-state index in [0.29, 0.717) is 0 Å². The average molecular weight is 494 g/mol. The molecule has 1 aliphatic heterocycles. The van der Waals surface area contributed by atoms with Crippen molar-refractivity contribution in [3.8, 4) is 0 Å². The van der Waals surface area contributed by atoms with Gasteiger partial charge in [-0.15, -0.1) is 11.8 Å². The van der Waals surface area contributed by atoms with Gasteiger partial charge in [0.15, 0.2) is 0 Å². The summed E-state index contributed by atoms with van der Waals surface area (Å²) in [6.45, 7) is 0. The number of benzene rings is 4. The summed E-state index contributed by atoms with van der Waals surface area (Å²) < 4.78 is -0.768. The van der Waals surface area contributed by atoms with Crippen LogP contribution in [-0.4, -0.2) is 39.6 Å². The van der Waals surface area contributed by atoms with Crippen molar-refractivity contribution in [3.05, 3.63) is 143 Å². The lowest BCUT2D eigenvalue weighted by Gasteiger charge is -2.37. The molecule has 5 rings (SSSR count). The van der Waals surface area contributed by atoms with Gasteiger partial charge in [0.25, 0.3) is 11.8 Å². The fourth-order valence-electron chi connectivity index (χ4n) is 4.72. The second-order valence-electron chi connectivity index (χ2n) is 8.47. The lowest BCUT2D eigenvalue weighted by molar-refractivity contribution is -0.140. The van der Waals surface area contributed by atoms with Crippen LogP contribution in [0.15, 0.2) is 115 Å². The summed E-state index contributed by atoms with van der Waals surface area (Å²) in [6, 6.07) is 34.8. The van der Waals surface area contributed by atoms with Gasteiger partial charge >= 0.3 is 5.97 Å². The Balaban J connectivity index is 1.60. The zero-order valence-corrected chi connectivity index (χ0v) is 20.1. The predicted molar refractivity (Wildman–Crippen MR) is 140 cm³/mol. The highest BCUT2D eigenvalue weighted by Crippen LogP contribution is 2.49. The molecule has 1 N–H and O–H groups in total. The smallest absolute Gasteiger partial charge is 0.327 e. The molecular weight excluding hydrogens is 470 g/mol. The van der Waals surface area contributed by atoms with E-state index in [4.69, 9.17) is 0 Å². The first-order chi connectivity index (χ1) is 17.5. The third-order valence-corrected chi connectivity index (χ3v) is 8.04. The molecule has 0 bridgehead atoms. The third-order valence-electron chi connectivity index (χ3n) is 6.42. The fourth-order valence-corrected chi connectivity index (χ4v) is 6.33. The first-order valence-electron chi connectivity index (χ1n) is 11.5. The number of amides is 2. The summed E-state index contributed by atoms with van der Waals surface area (Å²) in [4.78, 5) is 39.6. The van der Waals surface area contributed by atoms with E-state index >= 15 is 0 Å². The quantitative estimate of drug-likeness (QED) is 0.261. The Morgan fingerprint density at radius 3 is 1.39 bits per heavy atom. The molecule has 0 unspecified atom stereocenters. The first kappa shape index (κ1) is 23.6. The number of imide groups is 1. The normalized spacial score (nSPS) is 13.9. The summed E-state index contributed by atoms with van der Waals surface area (Å²) in [5, 5.41) is 10.2. The van der Waals surface area contributed by atoms with Crippen LogP contribution in [0.5, 0.6) is 0 Å². The highest BCUT2D eigenvalue weighted by Gasteiger charge is 2.45. The van der Waals surface area contributed by atoms with Crippen molar-refractivity contribution in [2.45, 2.75) is 10.8 Å². The Labute approximate surface area is 213 Å². The Morgan fingerprint density at radius 1 is 0.667 bits per heavy atom. The van der Waals surface area contributed by atoms with Crippen LogP contribution in [0.4, 0.5) is 0 Å². The molecule has 2 amide bonds. The highest BCUT2D eigenvalue weighted by molar-refractivity contribution is 8.00. The molecule has 0 spiro atoms. The topological polar surface area (TPSA) is 74.7 Å². The van der Waals surface area contributed by atoms with Gasteiger partial charge < -0.3 is 5.11 Å². The van der Waals surface area contributed by atoms with E-state index < -0.39 is 28.6 Å². The van der Waals surface area contributed by atoms with Crippen LogP contribution in [0.2, 0.25) is 0 Å². The number of carboxylic acid groups (broad SMARTS) is 1. The zero-order valence-electron chi connectivity index (χ0n) is 19.3. The zero-order chi connectivity index (χ0) is 25.1. The molecule has 1 aliphatic rings. The van der Waals surface area contributed by atoms with Gasteiger partial charge in [-0.1, -0.05) is 103 Å². The standard InChI is InChI=1S/C30H23NO4S/c32-27-24-18-10-11-19-25(24)28(33)31(27)26(29(34)35)20-36-30(21-12-4-1-5-13-21,22-14-6-2-7-15-22)23-16-8-3-9-17-23/h1-19,26H,20H2,(H,34,35)/t26-/m1/s1. The van der Waals surface area contributed by atoms with Crippen LogP contribution < -0.4 is 0 Å². The van der Waals surface area contributed by atoms with Crippen molar-refractivity contribution >= 4 is 29.5 Å². The minimum atomic E-state index is -1.34. The van der Waals surface area contributed by atoms with Gasteiger partial charge in [-0.2, -0.15) is 0 Å². The van der Waals surface area contributed by atoms with Crippen molar-refractivity contribution in [1.29, 1.82) is 0 Å². The first-order valence-corrected chi connectivity index (χ1v) is 12.5. The average Bonchev–Trinajstić information content (AvgIpc) is 3.18. The number of hydrogen-bond donors (Lipinski definition) is 1. The van der Waals surface area contributed by atoms with Crippen LogP contribution in [0, 0.1) is 0 Å². The number of thioether (sulfide) groups is 1. The predicted octanol–water partition coefficient (Wildman–Crippen LogP) is 5.46. The van der Waals surface area contributed by atoms with Gasteiger partial charge in [0.05, 0.1) is 15.9 Å². The van der Waals surface area contributed by atoms with Crippen molar-refractivity contribution in [2.75, 3.05) is 5.75 Å². The number of nitrogens with zero attached hydrogens (tertiary/aromatic N) is 1. The molecule has 5 nitrogen and oxygen atoms in total. The largest absolute Gasteiger partial charge is 0.480 e. The van der Waals surface area contributed by atoms with E-state index in [1.165, 1.54) is 11.8 Å². The summed E-state index contributed by atoms with van der Waals surface area (Å²) in [7, 11) is 0. The molecule has 0 saturated heterocycles. The number of carbonyl (C=O) groups excluding carboxylic acids is 2. The summed E-state index contributed by atoms with van der Waals surface area (Å²) >= 11 is 1.41. The molecule has 1 heterocycles. The van der Waals surface area contributed by atoms with E-state index in [2.05, 4.69) is 0 Å². The van der Waals surface area contributed by atoms with Gasteiger partial charge in [-0.3, -0.25) is 14.5 Å². The van der Waals surface area contributed by atoms with Crippen LogP contribution in [-0.2, 0) is 9.54 Å². The summed E-state index contributed by atoms with van der Waals surface area (Å²) in [6.07, 6.45) is 0. The molecule has 178 valence electrons. The van der Waals surface area contributed by atoms with Gasteiger partial charge in [0.1, 0.15) is 6.04 Å². The molecule has 36 heavy (non-hydrogen) atoms. The molecule has 0 fully saturated rings. The van der Waals surface area contributed by atoms with Crippen molar-refractivity contribution in [3.63, 3.8) is 0 Å².